The molecule has 3 N–H and O–H groups in total. The summed E-state index contributed by atoms with van der Waals surface area (Å²) in [6.07, 6.45) is 3.63. The van der Waals surface area contributed by atoms with Gasteiger partial charge < -0.3 is 5.73 Å². The van der Waals surface area contributed by atoms with Crippen LogP contribution in [0.3, 0.4) is 0 Å². The van der Waals surface area contributed by atoms with Crippen molar-refractivity contribution in [2.24, 2.45) is 15.7 Å². The van der Waals surface area contributed by atoms with Gasteiger partial charge in [0.15, 0.2) is 0 Å². The third kappa shape index (κ3) is 4.21. The standard InChI is InChI=1S/C12H17N5.C2H6/c1-5-9(10-6-7-16-17-10)11(8(2)14-3)12(13)15-4;1-2/h5-7H,3H2,1-2,4H3,(H2,13,15)(H,16,17);1-2H3/b9-5-,11-8-;. The van der Waals surface area contributed by atoms with Crippen molar-refractivity contribution >= 4 is 18.1 Å². The van der Waals surface area contributed by atoms with E-state index in [1.807, 2.05) is 39.8 Å². The van der Waals surface area contributed by atoms with E-state index in [1.165, 1.54) is 0 Å². The number of allylic oxidation sites excluding steroid dienone is 2. The Bertz CT molecular complexity index is 478. The van der Waals surface area contributed by atoms with Crippen molar-refractivity contribution in [1.29, 1.82) is 0 Å². The number of rotatable bonds is 4. The molecule has 0 bridgehead atoms. The van der Waals surface area contributed by atoms with Crippen molar-refractivity contribution in [1.82, 2.24) is 10.2 Å². The van der Waals surface area contributed by atoms with Crippen molar-refractivity contribution < 1.29 is 0 Å². The summed E-state index contributed by atoms with van der Waals surface area (Å²) >= 11 is 0. The van der Waals surface area contributed by atoms with Crippen molar-refractivity contribution in [3.05, 3.63) is 35.3 Å². The number of aromatic amines is 1. The number of nitrogens with two attached hydrogens (primary N) is 1. The van der Waals surface area contributed by atoms with Crippen LogP contribution in [0.25, 0.3) is 5.57 Å². The Kier molecular flexibility index (Phi) is 7.84. The van der Waals surface area contributed by atoms with Crippen LogP contribution in [0.4, 0.5) is 0 Å². The molecule has 5 nitrogen and oxygen atoms in total. The lowest BCUT2D eigenvalue weighted by Gasteiger charge is -2.11. The summed E-state index contributed by atoms with van der Waals surface area (Å²) in [5, 5.41) is 6.83. The first-order chi connectivity index (χ1) is 9.15. The molecule has 0 saturated heterocycles. The fourth-order valence-corrected chi connectivity index (χ4v) is 1.55. The van der Waals surface area contributed by atoms with E-state index in [4.69, 9.17) is 5.73 Å². The Balaban J connectivity index is 0.00000154. The number of H-pyrrole nitrogens is 1. The average molecular weight is 261 g/mol. The maximum absolute atomic E-state index is 5.91. The lowest BCUT2D eigenvalue weighted by molar-refractivity contribution is 1.07. The molecule has 104 valence electrons. The predicted molar refractivity (Wildman–Crippen MR) is 83.4 cm³/mol. The number of nitrogens with one attached hydrogen (secondary N) is 1. The molecule has 1 aromatic rings. The summed E-state index contributed by atoms with van der Waals surface area (Å²) in [6, 6.07) is 1.87. The molecule has 0 spiro atoms. The first kappa shape index (κ1) is 16.8. The van der Waals surface area contributed by atoms with Gasteiger partial charge in [-0.25, -0.2) is 0 Å². The molecule has 1 rings (SSSR count). The highest BCUT2D eigenvalue weighted by atomic mass is 15.1. The fraction of sp³-hybridized carbons (Fsp3) is 0.357. The van der Waals surface area contributed by atoms with Crippen LogP contribution < -0.4 is 5.73 Å². The predicted octanol–water partition coefficient (Wildman–Crippen LogP) is 2.80. The topological polar surface area (TPSA) is 79.4 Å². The smallest absolute Gasteiger partial charge is 0.127 e. The summed E-state index contributed by atoms with van der Waals surface area (Å²) in [5.74, 6) is 0.428. The van der Waals surface area contributed by atoms with Crippen LogP contribution in [0.1, 0.15) is 33.4 Å². The molecule has 0 fully saturated rings. The minimum atomic E-state index is 0.428. The number of nitrogens with zero attached hydrogens (tertiary/aromatic N) is 3. The molecule has 0 atom stereocenters. The molecule has 0 unspecified atom stereocenters. The van der Waals surface area contributed by atoms with Gasteiger partial charge >= 0.3 is 0 Å². The van der Waals surface area contributed by atoms with Gasteiger partial charge in [-0.05, 0) is 26.6 Å². The number of hydrogen-bond donors (Lipinski definition) is 2. The minimum absolute atomic E-state index is 0.428. The van der Waals surface area contributed by atoms with Gasteiger partial charge in [0.2, 0.25) is 0 Å². The summed E-state index contributed by atoms with van der Waals surface area (Å²) < 4.78 is 0. The van der Waals surface area contributed by atoms with Crippen LogP contribution in [0.2, 0.25) is 0 Å². The molecular weight excluding hydrogens is 238 g/mol. The lowest BCUT2D eigenvalue weighted by Crippen LogP contribution is -2.17. The largest absolute Gasteiger partial charge is 0.383 e. The highest BCUT2D eigenvalue weighted by molar-refractivity contribution is 6.11. The Morgan fingerprint density at radius 1 is 1.47 bits per heavy atom. The van der Waals surface area contributed by atoms with Gasteiger partial charge in [0.05, 0.1) is 5.69 Å². The normalized spacial score (nSPS) is 13.3. The number of aromatic nitrogens is 2. The molecule has 0 amide bonds. The Hall–Kier alpha value is -2.17. The van der Waals surface area contributed by atoms with E-state index in [1.54, 1.807) is 13.2 Å². The maximum atomic E-state index is 5.91. The molecule has 1 aromatic heterocycles. The molecule has 0 aliphatic carbocycles. The summed E-state index contributed by atoms with van der Waals surface area (Å²) in [6.45, 7) is 11.3. The Labute approximate surface area is 115 Å². The van der Waals surface area contributed by atoms with Crippen LogP contribution in [0.5, 0.6) is 0 Å². The van der Waals surface area contributed by atoms with Crippen molar-refractivity contribution in [3.8, 4) is 0 Å². The van der Waals surface area contributed by atoms with E-state index in [2.05, 4.69) is 26.9 Å². The second-order valence-electron chi connectivity index (χ2n) is 3.40. The molecule has 0 saturated carbocycles. The summed E-state index contributed by atoms with van der Waals surface area (Å²) in [4.78, 5) is 7.94. The molecule has 19 heavy (non-hydrogen) atoms. The first-order valence-corrected chi connectivity index (χ1v) is 6.22. The third-order valence-corrected chi connectivity index (χ3v) is 2.44. The van der Waals surface area contributed by atoms with E-state index >= 15 is 0 Å². The van der Waals surface area contributed by atoms with Gasteiger partial charge in [0.1, 0.15) is 5.84 Å². The quantitative estimate of drug-likeness (QED) is 0.496. The van der Waals surface area contributed by atoms with E-state index in [-0.39, 0.29) is 0 Å². The highest BCUT2D eigenvalue weighted by Gasteiger charge is 2.14. The zero-order valence-corrected chi connectivity index (χ0v) is 12.4. The van der Waals surface area contributed by atoms with Gasteiger partial charge in [0, 0.05) is 30.1 Å². The SMILES string of the molecule is C=N/C(C)=C(C(N)=NC)/C(=C\C)c1ccn[nH]1.CC. The molecule has 0 aliphatic heterocycles. The van der Waals surface area contributed by atoms with E-state index in [0.717, 1.165) is 22.5 Å². The molecule has 5 heteroatoms. The van der Waals surface area contributed by atoms with E-state index in [9.17, 15) is 0 Å². The highest BCUT2D eigenvalue weighted by Crippen LogP contribution is 2.24. The molecule has 0 radical (unpaired) electrons. The monoisotopic (exact) mass is 261 g/mol. The van der Waals surface area contributed by atoms with Crippen LogP contribution in [0, 0.1) is 0 Å². The van der Waals surface area contributed by atoms with Crippen molar-refractivity contribution in [2.45, 2.75) is 27.7 Å². The lowest BCUT2D eigenvalue weighted by atomic mass is 10.00. The summed E-state index contributed by atoms with van der Waals surface area (Å²) in [5.41, 5.74) is 9.19. The zero-order chi connectivity index (χ0) is 14.8. The molecular formula is C14H23N5. The molecule has 1 heterocycles. The van der Waals surface area contributed by atoms with Crippen LogP contribution >= 0.6 is 0 Å². The molecule has 0 aromatic carbocycles. The maximum Gasteiger partial charge on any atom is 0.127 e. The number of hydrogen-bond acceptors (Lipinski definition) is 3. The molecule has 0 aliphatic rings. The zero-order valence-electron chi connectivity index (χ0n) is 12.4. The average Bonchev–Trinajstić information content (AvgIpc) is 2.99. The van der Waals surface area contributed by atoms with E-state index < -0.39 is 0 Å². The van der Waals surface area contributed by atoms with Gasteiger partial charge in [-0.15, -0.1) is 0 Å². The van der Waals surface area contributed by atoms with Gasteiger partial charge in [-0.2, -0.15) is 5.10 Å². The Morgan fingerprint density at radius 2 is 2.11 bits per heavy atom. The van der Waals surface area contributed by atoms with Gasteiger partial charge in [-0.1, -0.05) is 19.9 Å². The number of aliphatic imine (C=N–C) groups is 2. The first-order valence-electron chi connectivity index (χ1n) is 6.22. The van der Waals surface area contributed by atoms with Crippen LogP contribution in [-0.4, -0.2) is 29.8 Å². The van der Waals surface area contributed by atoms with E-state index in [0.29, 0.717) is 5.84 Å². The second-order valence-corrected chi connectivity index (χ2v) is 3.40. The number of amidine groups is 1. The fourth-order valence-electron chi connectivity index (χ4n) is 1.55. The minimum Gasteiger partial charge on any atom is -0.383 e. The van der Waals surface area contributed by atoms with Gasteiger partial charge in [0.25, 0.3) is 0 Å². The van der Waals surface area contributed by atoms with Gasteiger partial charge in [-0.3, -0.25) is 15.1 Å². The van der Waals surface area contributed by atoms with Crippen LogP contribution in [0.15, 0.2) is 39.6 Å². The van der Waals surface area contributed by atoms with Crippen LogP contribution in [-0.2, 0) is 0 Å². The Morgan fingerprint density at radius 3 is 2.47 bits per heavy atom. The van der Waals surface area contributed by atoms with Crippen molar-refractivity contribution in [2.75, 3.05) is 7.05 Å². The van der Waals surface area contributed by atoms with Crippen molar-refractivity contribution in [3.63, 3.8) is 0 Å². The second kappa shape index (κ2) is 8.85. The summed E-state index contributed by atoms with van der Waals surface area (Å²) in [7, 11) is 1.64. The third-order valence-electron chi connectivity index (χ3n) is 2.44.